The van der Waals surface area contributed by atoms with E-state index in [1.54, 1.807) is 0 Å². The van der Waals surface area contributed by atoms with E-state index in [1.807, 2.05) is 17.0 Å². The van der Waals surface area contributed by atoms with E-state index in [-0.39, 0.29) is 36.4 Å². The first kappa shape index (κ1) is 18.8. The number of piperazine rings is 1. The summed E-state index contributed by atoms with van der Waals surface area (Å²) in [4.78, 5) is 14.1. The second-order valence-corrected chi connectivity index (χ2v) is 6.70. The van der Waals surface area contributed by atoms with E-state index in [0.717, 1.165) is 25.4 Å². The van der Waals surface area contributed by atoms with Gasteiger partial charge in [-0.1, -0.05) is 32.9 Å². The van der Waals surface area contributed by atoms with Gasteiger partial charge in [0.15, 0.2) is 6.61 Å². The Hall–Kier alpha value is -1.26. The molecule has 1 N–H and O–H groups in total. The quantitative estimate of drug-likeness (QED) is 0.928. The van der Waals surface area contributed by atoms with Gasteiger partial charge in [0.05, 0.1) is 0 Å². The minimum Gasteiger partial charge on any atom is -0.484 e. The molecule has 4 nitrogen and oxygen atoms in total. The van der Waals surface area contributed by atoms with Gasteiger partial charge in [-0.05, 0) is 30.0 Å². The third kappa shape index (κ3) is 4.89. The van der Waals surface area contributed by atoms with E-state index in [9.17, 15) is 4.79 Å². The Labute approximate surface area is 139 Å². The maximum Gasteiger partial charge on any atom is 0.260 e. The van der Waals surface area contributed by atoms with E-state index >= 15 is 0 Å². The summed E-state index contributed by atoms with van der Waals surface area (Å²) in [7, 11) is 0. The number of hydrogen-bond donors (Lipinski definition) is 1. The Morgan fingerprint density at radius 3 is 2.50 bits per heavy atom. The molecule has 22 heavy (non-hydrogen) atoms. The predicted molar refractivity (Wildman–Crippen MR) is 91.9 cm³/mol. The van der Waals surface area contributed by atoms with Gasteiger partial charge in [0, 0.05) is 25.7 Å². The van der Waals surface area contributed by atoms with Gasteiger partial charge < -0.3 is 15.0 Å². The van der Waals surface area contributed by atoms with Crippen molar-refractivity contribution in [2.75, 3.05) is 26.2 Å². The van der Waals surface area contributed by atoms with Crippen molar-refractivity contribution in [3.63, 3.8) is 0 Å². The lowest BCUT2D eigenvalue weighted by Crippen LogP contribution is -2.53. The number of carbonyl (C=O) groups excluding carboxylic acids is 1. The molecule has 1 aliphatic rings. The number of hydrogen-bond acceptors (Lipinski definition) is 3. The molecule has 0 bridgehead atoms. The molecule has 0 aromatic heterocycles. The van der Waals surface area contributed by atoms with Crippen LogP contribution in [0.2, 0.25) is 0 Å². The average Bonchev–Trinajstić information content (AvgIpc) is 2.45. The van der Waals surface area contributed by atoms with Crippen molar-refractivity contribution in [1.29, 1.82) is 0 Å². The predicted octanol–water partition coefficient (Wildman–Crippen LogP) is 2.61. The molecule has 1 amide bonds. The van der Waals surface area contributed by atoms with Crippen LogP contribution in [-0.4, -0.2) is 43.1 Å². The molecule has 0 unspecified atom stereocenters. The maximum atomic E-state index is 12.2. The summed E-state index contributed by atoms with van der Waals surface area (Å²) in [5.74, 6) is 0.808. The van der Waals surface area contributed by atoms with Crippen molar-refractivity contribution < 1.29 is 9.53 Å². The van der Waals surface area contributed by atoms with E-state index in [2.05, 4.69) is 45.1 Å². The fourth-order valence-corrected chi connectivity index (χ4v) is 2.49. The molecular formula is C17H27ClN2O2. The minimum atomic E-state index is 0. The van der Waals surface area contributed by atoms with E-state index in [4.69, 9.17) is 4.74 Å². The lowest BCUT2D eigenvalue weighted by Gasteiger charge is -2.33. The van der Waals surface area contributed by atoms with E-state index in [0.29, 0.717) is 0 Å². The zero-order valence-electron chi connectivity index (χ0n) is 13.9. The zero-order chi connectivity index (χ0) is 15.5. The van der Waals surface area contributed by atoms with Gasteiger partial charge in [0.2, 0.25) is 0 Å². The van der Waals surface area contributed by atoms with Crippen LogP contribution >= 0.6 is 12.4 Å². The van der Waals surface area contributed by atoms with Crippen LogP contribution in [0.5, 0.6) is 5.75 Å². The standard InChI is InChI=1S/C17H26N2O2.ClH/c1-13-11-18-9-10-19(13)16(20)12-21-15-7-5-14(6-8-15)17(2,3)4;/h5-8,13,18H,9-12H2,1-4H3;1H/t13-;/m1./s1. The fourth-order valence-electron chi connectivity index (χ4n) is 2.49. The lowest BCUT2D eigenvalue weighted by molar-refractivity contribution is -0.136. The van der Waals surface area contributed by atoms with Crippen molar-refractivity contribution in [3.05, 3.63) is 29.8 Å². The molecular weight excluding hydrogens is 300 g/mol. The normalized spacial score (nSPS) is 18.5. The number of ether oxygens (including phenoxy) is 1. The largest absolute Gasteiger partial charge is 0.484 e. The molecule has 1 saturated heterocycles. The topological polar surface area (TPSA) is 41.6 Å². The molecule has 1 aliphatic heterocycles. The molecule has 1 atom stereocenters. The Morgan fingerprint density at radius 1 is 1.32 bits per heavy atom. The van der Waals surface area contributed by atoms with Gasteiger partial charge in [-0.3, -0.25) is 4.79 Å². The molecule has 0 saturated carbocycles. The highest BCUT2D eigenvalue weighted by Crippen LogP contribution is 2.24. The van der Waals surface area contributed by atoms with Gasteiger partial charge >= 0.3 is 0 Å². The first-order valence-electron chi connectivity index (χ1n) is 7.61. The van der Waals surface area contributed by atoms with Gasteiger partial charge in [-0.25, -0.2) is 0 Å². The molecule has 0 aliphatic carbocycles. The summed E-state index contributed by atoms with van der Waals surface area (Å²) in [6.45, 7) is 11.2. The first-order chi connectivity index (χ1) is 9.88. The van der Waals surface area contributed by atoms with Crippen LogP contribution in [0, 0.1) is 0 Å². The number of carbonyl (C=O) groups is 1. The number of amides is 1. The number of rotatable bonds is 3. The summed E-state index contributed by atoms with van der Waals surface area (Å²) >= 11 is 0. The van der Waals surface area contributed by atoms with Crippen molar-refractivity contribution in [2.24, 2.45) is 0 Å². The Morgan fingerprint density at radius 2 is 1.95 bits per heavy atom. The smallest absolute Gasteiger partial charge is 0.260 e. The van der Waals surface area contributed by atoms with Crippen LogP contribution in [0.3, 0.4) is 0 Å². The average molecular weight is 327 g/mol. The van der Waals surface area contributed by atoms with Crippen LogP contribution in [-0.2, 0) is 10.2 Å². The maximum absolute atomic E-state index is 12.2. The van der Waals surface area contributed by atoms with Crippen molar-refractivity contribution >= 4 is 18.3 Å². The highest BCUT2D eigenvalue weighted by Gasteiger charge is 2.23. The second kappa shape index (κ2) is 7.84. The van der Waals surface area contributed by atoms with Crippen LogP contribution in [0.4, 0.5) is 0 Å². The second-order valence-electron chi connectivity index (χ2n) is 6.70. The van der Waals surface area contributed by atoms with E-state index < -0.39 is 0 Å². The van der Waals surface area contributed by atoms with Gasteiger partial charge in [-0.15, -0.1) is 12.4 Å². The first-order valence-corrected chi connectivity index (χ1v) is 7.61. The van der Waals surface area contributed by atoms with Crippen LogP contribution in [0.25, 0.3) is 0 Å². The molecule has 1 aromatic carbocycles. The Kier molecular flexibility index (Phi) is 6.69. The number of benzene rings is 1. The molecule has 1 aromatic rings. The third-order valence-electron chi connectivity index (χ3n) is 3.90. The molecule has 1 fully saturated rings. The SMILES string of the molecule is C[C@@H]1CNCCN1C(=O)COc1ccc(C(C)(C)C)cc1.Cl. The molecule has 124 valence electrons. The third-order valence-corrected chi connectivity index (χ3v) is 3.90. The van der Waals surface area contributed by atoms with Gasteiger partial charge in [-0.2, -0.15) is 0 Å². The van der Waals surface area contributed by atoms with Crippen molar-refractivity contribution in [2.45, 2.75) is 39.2 Å². The summed E-state index contributed by atoms with van der Waals surface area (Å²) in [5, 5.41) is 3.28. The molecule has 1 heterocycles. The number of halogens is 1. The number of nitrogens with zero attached hydrogens (tertiary/aromatic N) is 1. The molecule has 0 spiro atoms. The monoisotopic (exact) mass is 326 g/mol. The molecule has 0 radical (unpaired) electrons. The van der Waals surface area contributed by atoms with Crippen molar-refractivity contribution in [1.82, 2.24) is 10.2 Å². The summed E-state index contributed by atoms with van der Waals surface area (Å²) < 4.78 is 5.63. The Bertz CT molecular complexity index is 482. The fraction of sp³-hybridized carbons (Fsp3) is 0.588. The summed E-state index contributed by atoms with van der Waals surface area (Å²) in [5.41, 5.74) is 1.39. The minimum absolute atomic E-state index is 0. The number of nitrogens with one attached hydrogen (secondary N) is 1. The van der Waals surface area contributed by atoms with Crippen molar-refractivity contribution in [3.8, 4) is 5.75 Å². The molecule has 5 heteroatoms. The molecule has 2 rings (SSSR count). The van der Waals surface area contributed by atoms with E-state index in [1.165, 1.54) is 5.56 Å². The highest BCUT2D eigenvalue weighted by atomic mass is 35.5. The zero-order valence-corrected chi connectivity index (χ0v) is 14.7. The van der Waals surface area contributed by atoms with Crippen LogP contribution in [0.1, 0.15) is 33.3 Å². The summed E-state index contributed by atoms with van der Waals surface area (Å²) in [6, 6.07) is 8.24. The summed E-state index contributed by atoms with van der Waals surface area (Å²) in [6.07, 6.45) is 0. The van der Waals surface area contributed by atoms with Gasteiger partial charge in [0.25, 0.3) is 5.91 Å². The van der Waals surface area contributed by atoms with Crippen LogP contribution < -0.4 is 10.1 Å². The Balaban J connectivity index is 0.00000242. The highest BCUT2D eigenvalue weighted by molar-refractivity contribution is 5.85. The van der Waals surface area contributed by atoms with Gasteiger partial charge in [0.1, 0.15) is 5.75 Å². The lowest BCUT2D eigenvalue weighted by atomic mass is 9.87. The van der Waals surface area contributed by atoms with Crippen LogP contribution in [0.15, 0.2) is 24.3 Å².